The number of carbonyl (C=O) groups excluding carboxylic acids is 1. The lowest BCUT2D eigenvalue weighted by atomic mass is 10.1. The molecule has 1 amide bonds. The van der Waals surface area contributed by atoms with Crippen molar-refractivity contribution in [1.82, 2.24) is 0 Å². The number of benzene rings is 4. The van der Waals surface area contributed by atoms with Crippen LogP contribution in [0.4, 0.5) is 5.69 Å². The molecule has 1 N–H and O–H groups in total. The van der Waals surface area contributed by atoms with Crippen molar-refractivity contribution in [3.63, 3.8) is 0 Å². The van der Waals surface area contributed by atoms with E-state index in [4.69, 9.17) is 9.47 Å². The average molecular weight is 744 g/mol. The molecule has 0 aromatic heterocycles. The van der Waals surface area contributed by atoms with Crippen LogP contribution >= 0.6 is 54.5 Å². The van der Waals surface area contributed by atoms with Gasteiger partial charge in [-0.3, -0.25) is 4.79 Å². The fraction of sp³-hybridized carbons (Fsp3) is 0.0667. The number of hydrogen-bond acceptors (Lipinski definition) is 4. The zero-order chi connectivity index (χ0) is 26.9. The lowest BCUT2D eigenvalue weighted by Gasteiger charge is -2.12. The minimum absolute atomic E-state index is 0.0133. The Hall–Kier alpha value is -3.13. The third-order valence-electron chi connectivity index (χ3n) is 5.35. The molecule has 0 unspecified atom stereocenters. The first kappa shape index (κ1) is 27.9. The lowest BCUT2D eigenvalue weighted by Crippen LogP contribution is -2.13. The van der Waals surface area contributed by atoms with E-state index in [-0.39, 0.29) is 5.57 Å². The Balaban J connectivity index is 1.39. The van der Waals surface area contributed by atoms with E-state index in [1.165, 1.54) is 0 Å². The standard InChI is InChI=1S/C30H21Br2IN2O3/c31-24-8-6-21(7-9-24)19-38-29-27(32)15-22(16-28(29)33)14-23(17-34)30(36)35-25-10-12-26(13-11-25)37-18-20-4-2-1-3-5-20/h1-16H,18-19H2,(H,35,36)/b23-14+. The van der Waals surface area contributed by atoms with Crippen molar-refractivity contribution in [3.8, 4) is 17.6 Å². The fourth-order valence-corrected chi connectivity index (χ4v) is 5.46. The first-order valence-electron chi connectivity index (χ1n) is 11.5. The van der Waals surface area contributed by atoms with Crippen LogP contribution in [0.15, 0.2) is 106 Å². The summed E-state index contributed by atoms with van der Waals surface area (Å²) in [4.78, 5) is 12.8. The van der Waals surface area contributed by atoms with Gasteiger partial charge in [-0.05, 0) is 110 Å². The van der Waals surface area contributed by atoms with E-state index in [2.05, 4.69) is 59.8 Å². The van der Waals surface area contributed by atoms with Crippen LogP contribution in [-0.4, -0.2) is 5.91 Å². The molecule has 0 atom stereocenters. The van der Waals surface area contributed by atoms with Crippen LogP contribution in [0.25, 0.3) is 6.08 Å². The Bertz CT molecular complexity index is 1460. The Morgan fingerprint density at radius 1 is 0.895 bits per heavy atom. The van der Waals surface area contributed by atoms with Crippen molar-refractivity contribution in [2.45, 2.75) is 13.2 Å². The van der Waals surface area contributed by atoms with E-state index < -0.39 is 5.91 Å². The molecule has 4 aromatic carbocycles. The maximum Gasteiger partial charge on any atom is 0.266 e. The highest BCUT2D eigenvalue weighted by molar-refractivity contribution is 14.1. The summed E-state index contributed by atoms with van der Waals surface area (Å²) in [5.41, 5.74) is 3.36. The summed E-state index contributed by atoms with van der Waals surface area (Å²) in [5.74, 6) is 0.889. The SMILES string of the molecule is N#C/C(=C\c1cc(Br)c(OCc2ccc(Br)cc2)c(I)c1)C(=O)Nc1ccc(OCc2ccccc2)cc1. The minimum atomic E-state index is -0.493. The molecule has 4 rings (SSSR count). The van der Waals surface area contributed by atoms with E-state index in [1.807, 2.05) is 72.8 Å². The van der Waals surface area contributed by atoms with Gasteiger partial charge in [0.1, 0.15) is 36.4 Å². The molecule has 0 saturated heterocycles. The number of halogens is 3. The van der Waals surface area contributed by atoms with Crippen LogP contribution in [0.1, 0.15) is 16.7 Å². The second-order valence-corrected chi connectivity index (χ2v) is 11.1. The van der Waals surface area contributed by atoms with Crippen LogP contribution in [0.5, 0.6) is 11.5 Å². The topological polar surface area (TPSA) is 71.3 Å². The number of rotatable bonds is 9. The predicted molar refractivity (Wildman–Crippen MR) is 165 cm³/mol. The number of anilines is 1. The van der Waals surface area contributed by atoms with Gasteiger partial charge in [0, 0.05) is 10.2 Å². The molecule has 0 fully saturated rings. The third kappa shape index (κ3) is 7.93. The second kappa shape index (κ2) is 13.6. The first-order chi connectivity index (χ1) is 18.4. The van der Waals surface area contributed by atoms with Crippen molar-refractivity contribution in [1.29, 1.82) is 5.26 Å². The van der Waals surface area contributed by atoms with Crippen LogP contribution in [0, 0.1) is 14.9 Å². The van der Waals surface area contributed by atoms with Gasteiger partial charge in [-0.15, -0.1) is 0 Å². The summed E-state index contributed by atoms with van der Waals surface area (Å²) in [5, 5.41) is 12.4. The molecule has 0 heterocycles. The molecular weight excluding hydrogens is 723 g/mol. The van der Waals surface area contributed by atoms with E-state index in [0.717, 1.165) is 23.6 Å². The summed E-state index contributed by atoms with van der Waals surface area (Å²) < 4.78 is 14.4. The van der Waals surface area contributed by atoms with Crippen molar-refractivity contribution in [2.75, 3.05) is 5.32 Å². The van der Waals surface area contributed by atoms with Gasteiger partial charge in [-0.1, -0.05) is 58.4 Å². The molecular formula is C30H21Br2IN2O3. The van der Waals surface area contributed by atoms with E-state index in [1.54, 1.807) is 30.3 Å². The molecule has 0 spiro atoms. The number of nitrogens with one attached hydrogen (secondary N) is 1. The Morgan fingerprint density at radius 3 is 2.21 bits per heavy atom. The number of ether oxygens (including phenoxy) is 2. The third-order valence-corrected chi connectivity index (χ3v) is 7.27. The monoisotopic (exact) mass is 742 g/mol. The van der Waals surface area contributed by atoms with Crippen LogP contribution in [0.2, 0.25) is 0 Å². The number of carbonyl (C=O) groups is 1. The summed E-state index contributed by atoms with van der Waals surface area (Å²) >= 11 is 9.17. The van der Waals surface area contributed by atoms with Crippen molar-refractivity contribution in [2.24, 2.45) is 0 Å². The molecule has 0 aliphatic carbocycles. The smallest absolute Gasteiger partial charge is 0.266 e. The van der Waals surface area contributed by atoms with Gasteiger partial charge in [0.05, 0.1) is 8.04 Å². The molecule has 0 aliphatic heterocycles. The van der Waals surface area contributed by atoms with Gasteiger partial charge in [0.2, 0.25) is 0 Å². The van der Waals surface area contributed by atoms with Gasteiger partial charge < -0.3 is 14.8 Å². The Kier molecular flexibility index (Phi) is 9.98. The number of nitriles is 1. The summed E-state index contributed by atoms with van der Waals surface area (Å²) in [6, 6.07) is 30.5. The zero-order valence-corrected chi connectivity index (χ0v) is 25.3. The maximum atomic E-state index is 12.8. The number of hydrogen-bond donors (Lipinski definition) is 1. The highest BCUT2D eigenvalue weighted by Crippen LogP contribution is 2.33. The van der Waals surface area contributed by atoms with Gasteiger partial charge in [-0.2, -0.15) is 5.26 Å². The first-order valence-corrected chi connectivity index (χ1v) is 14.1. The lowest BCUT2D eigenvalue weighted by molar-refractivity contribution is -0.112. The highest BCUT2D eigenvalue weighted by atomic mass is 127. The summed E-state index contributed by atoms with van der Waals surface area (Å²) in [6.07, 6.45) is 1.55. The zero-order valence-electron chi connectivity index (χ0n) is 20.0. The molecule has 0 bridgehead atoms. The molecule has 4 aromatic rings. The molecule has 190 valence electrons. The maximum absolute atomic E-state index is 12.8. The van der Waals surface area contributed by atoms with E-state index >= 15 is 0 Å². The fourth-order valence-electron chi connectivity index (χ4n) is 3.43. The number of nitrogens with zero attached hydrogens (tertiary/aromatic N) is 1. The largest absolute Gasteiger partial charge is 0.489 e. The van der Waals surface area contributed by atoms with Crippen molar-refractivity contribution < 1.29 is 14.3 Å². The molecule has 8 heteroatoms. The second-order valence-electron chi connectivity index (χ2n) is 8.15. The van der Waals surface area contributed by atoms with Crippen molar-refractivity contribution in [3.05, 3.63) is 126 Å². The van der Waals surface area contributed by atoms with Gasteiger partial charge in [-0.25, -0.2) is 0 Å². The molecule has 5 nitrogen and oxygen atoms in total. The molecule has 0 aliphatic rings. The van der Waals surface area contributed by atoms with Crippen molar-refractivity contribution >= 4 is 72.1 Å². The van der Waals surface area contributed by atoms with Gasteiger partial charge >= 0.3 is 0 Å². The van der Waals surface area contributed by atoms with E-state index in [9.17, 15) is 10.1 Å². The van der Waals surface area contributed by atoms with Crippen LogP contribution in [-0.2, 0) is 18.0 Å². The molecule has 0 saturated carbocycles. The molecule has 38 heavy (non-hydrogen) atoms. The van der Waals surface area contributed by atoms with E-state index in [0.29, 0.717) is 36.0 Å². The highest BCUT2D eigenvalue weighted by Gasteiger charge is 2.13. The Labute approximate surface area is 251 Å². The number of amides is 1. The van der Waals surface area contributed by atoms with Gasteiger partial charge in [0.15, 0.2) is 0 Å². The average Bonchev–Trinajstić information content (AvgIpc) is 2.92. The minimum Gasteiger partial charge on any atom is -0.489 e. The normalized spacial score (nSPS) is 10.9. The Morgan fingerprint density at radius 2 is 1.55 bits per heavy atom. The molecule has 0 radical (unpaired) electrons. The van der Waals surface area contributed by atoms with Gasteiger partial charge in [0.25, 0.3) is 5.91 Å². The predicted octanol–water partition coefficient (Wildman–Crippen LogP) is 8.52. The summed E-state index contributed by atoms with van der Waals surface area (Å²) in [6.45, 7) is 0.870. The van der Waals surface area contributed by atoms with Crippen LogP contribution < -0.4 is 14.8 Å². The summed E-state index contributed by atoms with van der Waals surface area (Å²) in [7, 11) is 0. The quantitative estimate of drug-likeness (QED) is 0.106. The van der Waals surface area contributed by atoms with Crippen LogP contribution in [0.3, 0.4) is 0 Å².